The topological polar surface area (TPSA) is 21.3 Å². The van der Waals surface area contributed by atoms with Crippen LogP contribution in [0.5, 0.6) is 5.75 Å². The smallest absolute Gasteiger partial charge is 0.122 e. The Labute approximate surface area is 123 Å². The zero-order valence-electron chi connectivity index (χ0n) is 13.2. The number of fused-ring (bicyclic) bond motifs is 1. The number of ether oxygens (including phenoxy) is 1. The molecule has 1 N–H and O–H groups in total. The van der Waals surface area contributed by atoms with Crippen LogP contribution in [0.3, 0.4) is 0 Å². The molecule has 1 aromatic carbocycles. The summed E-state index contributed by atoms with van der Waals surface area (Å²) in [5, 5.41) is 3.65. The zero-order valence-corrected chi connectivity index (χ0v) is 13.2. The predicted molar refractivity (Wildman–Crippen MR) is 85.4 cm³/mol. The van der Waals surface area contributed by atoms with Crippen molar-refractivity contribution < 1.29 is 4.74 Å². The first-order valence-electron chi connectivity index (χ1n) is 8.28. The monoisotopic (exact) mass is 275 g/mol. The second-order valence-electron chi connectivity index (χ2n) is 5.86. The van der Waals surface area contributed by atoms with Gasteiger partial charge in [-0.25, -0.2) is 0 Å². The maximum Gasteiger partial charge on any atom is 0.122 e. The molecule has 0 fully saturated rings. The molecule has 0 bridgehead atoms. The highest BCUT2D eigenvalue weighted by Gasteiger charge is 2.24. The van der Waals surface area contributed by atoms with Gasteiger partial charge in [0.05, 0.1) is 6.61 Å². The Hall–Kier alpha value is -1.02. The van der Waals surface area contributed by atoms with E-state index in [1.54, 1.807) is 0 Å². The highest BCUT2D eigenvalue weighted by Crippen LogP contribution is 2.37. The molecule has 2 heteroatoms. The summed E-state index contributed by atoms with van der Waals surface area (Å²) in [7, 11) is 0. The van der Waals surface area contributed by atoms with Gasteiger partial charge in [0.2, 0.25) is 0 Å². The van der Waals surface area contributed by atoms with E-state index in [0.29, 0.717) is 12.0 Å². The highest BCUT2D eigenvalue weighted by atomic mass is 16.5. The second kappa shape index (κ2) is 7.68. The lowest BCUT2D eigenvalue weighted by Crippen LogP contribution is -2.19. The van der Waals surface area contributed by atoms with E-state index in [0.717, 1.165) is 25.3 Å². The van der Waals surface area contributed by atoms with Gasteiger partial charge in [-0.3, -0.25) is 0 Å². The molecule has 20 heavy (non-hydrogen) atoms. The molecular formula is C18H29NO. The first-order valence-corrected chi connectivity index (χ1v) is 8.28. The van der Waals surface area contributed by atoms with Crippen molar-refractivity contribution in [3.8, 4) is 5.75 Å². The quantitative estimate of drug-likeness (QED) is 0.755. The summed E-state index contributed by atoms with van der Waals surface area (Å²) in [6, 6.07) is 7.08. The molecule has 2 rings (SSSR count). The van der Waals surface area contributed by atoms with Gasteiger partial charge in [0.15, 0.2) is 0 Å². The summed E-state index contributed by atoms with van der Waals surface area (Å²) >= 11 is 0. The molecule has 0 aromatic heterocycles. The maximum atomic E-state index is 6.12. The molecule has 0 aliphatic heterocycles. The van der Waals surface area contributed by atoms with Gasteiger partial charge in [0, 0.05) is 6.04 Å². The zero-order chi connectivity index (χ0) is 14.4. The van der Waals surface area contributed by atoms with E-state index in [1.807, 2.05) is 0 Å². The van der Waals surface area contributed by atoms with E-state index in [2.05, 4.69) is 44.3 Å². The maximum absolute atomic E-state index is 6.12. The molecule has 0 spiro atoms. The van der Waals surface area contributed by atoms with Crippen LogP contribution in [0.25, 0.3) is 0 Å². The van der Waals surface area contributed by atoms with E-state index >= 15 is 0 Å². The van der Waals surface area contributed by atoms with E-state index in [-0.39, 0.29) is 0 Å². The summed E-state index contributed by atoms with van der Waals surface area (Å²) in [4.78, 5) is 0. The SMILES string of the molecule is CCCNC1CCc2c(OCC(CC)CC)cccc21. The van der Waals surface area contributed by atoms with Crippen molar-refractivity contribution in [2.24, 2.45) is 5.92 Å². The van der Waals surface area contributed by atoms with Gasteiger partial charge in [-0.1, -0.05) is 45.7 Å². The van der Waals surface area contributed by atoms with Gasteiger partial charge in [0.1, 0.15) is 5.75 Å². The van der Waals surface area contributed by atoms with Crippen molar-refractivity contribution in [1.29, 1.82) is 0 Å². The molecule has 1 aromatic rings. The lowest BCUT2D eigenvalue weighted by Gasteiger charge is -2.17. The number of nitrogens with one attached hydrogen (secondary N) is 1. The van der Waals surface area contributed by atoms with Gasteiger partial charge < -0.3 is 10.1 Å². The standard InChI is InChI=1S/C18H29NO/c1-4-12-19-17-11-10-16-15(17)8-7-9-18(16)20-13-14(5-2)6-3/h7-9,14,17,19H,4-6,10-13H2,1-3H3. The third-order valence-electron chi connectivity index (χ3n) is 4.50. The highest BCUT2D eigenvalue weighted by molar-refractivity contribution is 5.45. The Morgan fingerprint density at radius 1 is 1.25 bits per heavy atom. The van der Waals surface area contributed by atoms with E-state index < -0.39 is 0 Å². The van der Waals surface area contributed by atoms with Crippen LogP contribution in [0.2, 0.25) is 0 Å². The minimum absolute atomic E-state index is 0.529. The van der Waals surface area contributed by atoms with Crippen LogP contribution in [0.15, 0.2) is 18.2 Å². The largest absolute Gasteiger partial charge is 0.493 e. The lowest BCUT2D eigenvalue weighted by molar-refractivity contribution is 0.239. The molecule has 0 heterocycles. The van der Waals surface area contributed by atoms with Crippen LogP contribution >= 0.6 is 0 Å². The Bertz CT molecular complexity index is 412. The third kappa shape index (κ3) is 3.54. The van der Waals surface area contributed by atoms with Crippen LogP contribution in [0.1, 0.15) is 63.6 Å². The Morgan fingerprint density at radius 3 is 2.75 bits per heavy atom. The molecule has 0 amide bonds. The fraction of sp³-hybridized carbons (Fsp3) is 0.667. The fourth-order valence-electron chi connectivity index (χ4n) is 3.02. The first kappa shape index (κ1) is 15.4. The lowest BCUT2D eigenvalue weighted by atomic mass is 10.0. The summed E-state index contributed by atoms with van der Waals surface area (Å²) in [5.74, 6) is 1.80. The summed E-state index contributed by atoms with van der Waals surface area (Å²) < 4.78 is 6.12. The number of hydrogen-bond donors (Lipinski definition) is 1. The average molecular weight is 275 g/mol. The molecule has 2 nitrogen and oxygen atoms in total. The van der Waals surface area contributed by atoms with Crippen molar-refractivity contribution in [2.75, 3.05) is 13.2 Å². The van der Waals surface area contributed by atoms with Gasteiger partial charge >= 0.3 is 0 Å². The van der Waals surface area contributed by atoms with Crippen molar-refractivity contribution in [3.05, 3.63) is 29.3 Å². The first-order chi connectivity index (χ1) is 9.80. The Morgan fingerprint density at radius 2 is 2.05 bits per heavy atom. The normalized spacial score (nSPS) is 17.5. The van der Waals surface area contributed by atoms with E-state index in [4.69, 9.17) is 4.74 Å². The van der Waals surface area contributed by atoms with Crippen LogP contribution in [-0.4, -0.2) is 13.2 Å². The molecule has 1 aliphatic carbocycles. The van der Waals surface area contributed by atoms with Crippen LogP contribution in [0, 0.1) is 5.92 Å². The van der Waals surface area contributed by atoms with Crippen LogP contribution in [-0.2, 0) is 6.42 Å². The number of benzene rings is 1. The Kier molecular flexibility index (Phi) is 5.90. The Balaban J connectivity index is 2.03. The van der Waals surface area contributed by atoms with Gasteiger partial charge in [-0.15, -0.1) is 0 Å². The van der Waals surface area contributed by atoms with Crippen LogP contribution < -0.4 is 10.1 Å². The fourth-order valence-corrected chi connectivity index (χ4v) is 3.02. The van der Waals surface area contributed by atoms with Crippen molar-refractivity contribution >= 4 is 0 Å². The number of rotatable bonds is 8. The van der Waals surface area contributed by atoms with Gasteiger partial charge in [-0.05, 0) is 48.9 Å². The summed E-state index contributed by atoms with van der Waals surface area (Å²) in [6.45, 7) is 8.67. The van der Waals surface area contributed by atoms with Gasteiger partial charge in [0.25, 0.3) is 0 Å². The predicted octanol–water partition coefficient (Wildman–Crippen LogP) is 4.49. The molecule has 1 unspecified atom stereocenters. The van der Waals surface area contributed by atoms with Crippen molar-refractivity contribution in [3.63, 3.8) is 0 Å². The molecule has 1 atom stereocenters. The number of hydrogen-bond acceptors (Lipinski definition) is 2. The minimum atomic E-state index is 0.529. The molecule has 0 radical (unpaired) electrons. The van der Waals surface area contributed by atoms with Crippen molar-refractivity contribution in [2.45, 2.75) is 58.9 Å². The van der Waals surface area contributed by atoms with E-state index in [1.165, 1.54) is 36.8 Å². The van der Waals surface area contributed by atoms with Crippen molar-refractivity contribution in [1.82, 2.24) is 5.32 Å². The average Bonchev–Trinajstić information content (AvgIpc) is 2.90. The molecule has 112 valence electrons. The molecule has 0 saturated carbocycles. The molecule has 1 aliphatic rings. The minimum Gasteiger partial charge on any atom is -0.493 e. The van der Waals surface area contributed by atoms with Crippen LogP contribution in [0.4, 0.5) is 0 Å². The second-order valence-corrected chi connectivity index (χ2v) is 5.86. The molecular weight excluding hydrogens is 246 g/mol. The van der Waals surface area contributed by atoms with E-state index in [9.17, 15) is 0 Å². The summed E-state index contributed by atoms with van der Waals surface area (Å²) in [6.07, 6.45) is 5.95. The molecule has 0 saturated heterocycles. The summed E-state index contributed by atoms with van der Waals surface area (Å²) in [5.41, 5.74) is 2.90. The van der Waals surface area contributed by atoms with Gasteiger partial charge in [-0.2, -0.15) is 0 Å². The third-order valence-corrected chi connectivity index (χ3v) is 4.50.